The predicted molar refractivity (Wildman–Crippen MR) is 85.2 cm³/mol. The van der Waals surface area contributed by atoms with E-state index in [1.54, 1.807) is 0 Å². The fourth-order valence-electron chi connectivity index (χ4n) is 2.01. The van der Waals surface area contributed by atoms with Gasteiger partial charge in [-0.2, -0.15) is 0 Å². The third-order valence-electron chi connectivity index (χ3n) is 3.03. The number of ether oxygens (including phenoxy) is 1. The zero-order valence-electron chi connectivity index (χ0n) is 11.0. The highest BCUT2D eigenvalue weighted by Crippen LogP contribution is 2.20. The third kappa shape index (κ3) is 4.96. The molecule has 1 amide bonds. The molecule has 1 atom stereocenters. The van der Waals surface area contributed by atoms with E-state index in [-0.39, 0.29) is 24.4 Å². The molecule has 5 heteroatoms. The first-order valence-electron chi connectivity index (χ1n) is 6.51. The molecule has 0 bridgehead atoms. The minimum Gasteiger partial charge on any atom is -0.456 e. The van der Waals surface area contributed by atoms with Gasteiger partial charge in [-0.15, -0.1) is 0 Å². The molecule has 0 radical (unpaired) electrons. The fraction of sp³-hybridized carbons (Fsp3) is 0.333. The van der Waals surface area contributed by atoms with Crippen LogP contribution in [0.5, 0.6) is 0 Å². The van der Waals surface area contributed by atoms with Crippen LogP contribution in [0.15, 0.2) is 36.4 Å². The molecule has 0 aromatic heterocycles. The molecule has 0 aliphatic heterocycles. The molecule has 1 aliphatic rings. The summed E-state index contributed by atoms with van der Waals surface area (Å²) in [5.74, 6) is -0.373. The SMILES string of the molecule is O=C(COC(=O)C[C@@H]1C=CCC1)Nc1ccc(I)cc1. The molecule has 106 valence electrons. The minimum absolute atomic E-state index is 0.235. The number of carbonyl (C=O) groups is 2. The van der Waals surface area contributed by atoms with E-state index in [0.29, 0.717) is 12.1 Å². The van der Waals surface area contributed by atoms with Gasteiger partial charge in [0.05, 0.1) is 6.42 Å². The summed E-state index contributed by atoms with van der Waals surface area (Å²) >= 11 is 2.19. The minimum atomic E-state index is -0.320. The van der Waals surface area contributed by atoms with Crippen molar-refractivity contribution in [1.29, 1.82) is 0 Å². The number of benzene rings is 1. The summed E-state index contributed by atoms with van der Waals surface area (Å²) in [5.41, 5.74) is 0.699. The van der Waals surface area contributed by atoms with E-state index in [2.05, 4.69) is 34.0 Å². The molecule has 1 aromatic carbocycles. The lowest BCUT2D eigenvalue weighted by atomic mass is 10.1. The standard InChI is InChI=1S/C15H16INO3/c16-12-5-7-13(8-6-12)17-14(18)10-20-15(19)9-11-3-1-2-4-11/h1,3,5-8,11H,2,4,9-10H2,(H,17,18)/t11-/m1/s1. The van der Waals surface area contributed by atoms with E-state index in [9.17, 15) is 9.59 Å². The average molecular weight is 385 g/mol. The molecular weight excluding hydrogens is 369 g/mol. The molecule has 20 heavy (non-hydrogen) atoms. The van der Waals surface area contributed by atoms with Crippen LogP contribution in [0.25, 0.3) is 0 Å². The van der Waals surface area contributed by atoms with Crippen molar-refractivity contribution in [3.8, 4) is 0 Å². The van der Waals surface area contributed by atoms with Crippen LogP contribution in [0, 0.1) is 9.49 Å². The van der Waals surface area contributed by atoms with Crippen molar-refractivity contribution in [2.24, 2.45) is 5.92 Å². The molecule has 1 N–H and O–H groups in total. The first-order chi connectivity index (χ1) is 9.63. The normalized spacial score (nSPS) is 16.9. The Labute approximate surface area is 131 Å². The van der Waals surface area contributed by atoms with Gasteiger partial charge in [-0.05, 0) is 65.6 Å². The van der Waals surface area contributed by atoms with Crippen molar-refractivity contribution in [3.63, 3.8) is 0 Å². The summed E-state index contributed by atoms with van der Waals surface area (Å²) in [4.78, 5) is 23.2. The van der Waals surface area contributed by atoms with Gasteiger partial charge in [0.25, 0.3) is 5.91 Å². The van der Waals surface area contributed by atoms with Gasteiger partial charge >= 0.3 is 5.97 Å². The monoisotopic (exact) mass is 385 g/mol. The number of rotatable bonds is 5. The molecule has 0 unspecified atom stereocenters. The highest BCUT2D eigenvalue weighted by atomic mass is 127. The van der Waals surface area contributed by atoms with E-state index in [4.69, 9.17) is 4.74 Å². The Morgan fingerprint density at radius 3 is 2.70 bits per heavy atom. The number of carbonyl (C=O) groups excluding carboxylic acids is 2. The van der Waals surface area contributed by atoms with Gasteiger partial charge < -0.3 is 10.1 Å². The second-order valence-electron chi connectivity index (χ2n) is 4.69. The smallest absolute Gasteiger partial charge is 0.306 e. The lowest BCUT2D eigenvalue weighted by Gasteiger charge is -2.08. The van der Waals surface area contributed by atoms with E-state index in [1.807, 2.05) is 30.3 Å². The quantitative estimate of drug-likeness (QED) is 0.482. The van der Waals surface area contributed by atoms with E-state index in [0.717, 1.165) is 16.4 Å². The maximum Gasteiger partial charge on any atom is 0.306 e. The topological polar surface area (TPSA) is 55.4 Å². The van der Waals surface area contributed by atoms with Crippen molar-refractivity contribution >= 4 is 40.2 Å². The highest BCUT2D eigenvalue weighted by molar-refractivity contribution is 14.1. The number of nitrogens with one attached hydrogen (secondary N) is 1. The van der Waals surface area contributed by atoms with Crippen molar-refractivity contribution in [3.05, 3.63) is 40.0 Å². The van der Waals surface area contributed by atoms with Crippen LogP contribution in [0.4, 0.5) is 5.69 Å². The number of hydrogen-bond donors (Lipinski definition) is 1. The van der Waals surface area contributed by atoms with Gasteiger partial charge in [0.1, 0.15) is 0 Å². The molecule has 2 rings (SSSR count). The lowest BCUT2D eigenvalue weighted by Crippen LogP contribution is -2.21. The van der Waals surface area contributed by atoms with Crippen molar-refractivity contribution in [1.82, 2.24) is 0 Å². The first kappa shape index (κ1) is 15.0. The number of anilines is 1. The second-order valence-corrected chi connectivity index (χ2v) is 5.93. The maximum absolute atomic E-state index is 11.6. The van der Waals surface area contributed by atoms with Gasteiger partial charge in [-0.3, -0.25) is 9.59 Å². The Hall–Kier alpha value is -1.37. The van der Waals surface area contributed by atoms with E-state index >= 15 is 0 Å². The van der Waals surface area contributed by atoms with Gasteiger partial charge in [0.15, 0.2) is 6.61 Å². The van der Waals surface area contributed by atoms with Crippen LogP contribution in [0.3, 0.4) is 0 Å². The molecular formula is C15H16INO3. The van der Waals surface area contributed by atoms with Gasteiger partial charge in [-0.25, -0.2) is 0 Å². The number of hydrogen-bond acceptors (Lipinski definition) is 3. The van der Waals surface area contributed by atoms with Crippen molar-refractivity contribution < 1.29 is 14.3 Å². The molecule has 0 fully saturated rings. The number of esters is 1. The first-order valence-corrected chi connectivity index (χ1v) is 7.59. The Bertz CT molecular complexity index is 510. The molecule has 1 aliphatic carbocycles. The molecule has 0 spiro atoms. The molecule has 0 saturated heterocycles. The molecule has 4 nitrogen and oxygen atoms in total. The number of amides is 1. The summed E-state index contributed by atoms with van der Waals surface area (Å²) < 4.78 is 6.07. The Balaban J connectivity index is 1.70. The summed E-state index contributed by atoms with van der Waals surface area (Å²) in [6, 6.07) is 7.42. The van der Waals surface area contributed by atoms with E-state index in [1.165, 1.54) is 0 Å². The summed E-state index contributed by atoms with van der Waals surface area (Å²) in [5, 5.41) is 2.68. The van der Waals surface area contributed by atoms with E-state index < -0.39 is 0 Å². The second kappa shape index (κ2) is 7.42. The maximum atomic E-state index is 11.6. The Morgan fingerprint density at radius 2 is 2.05 bits per heavy atom. The molecule has 0 saturated carbocycles. The van der Waals surface area contributed by atoms with Crippen LogP contribution in [-0.4, -0.2) is 18.5 Å². The highest BCUT2D eigenvalue weighted by Gasteiger charge is 2.15. The van der Waals surface area contributed by atoms with Crippen LogP contribution in [-0.2, 0) is 14.3 Å². The average Bonchev–Trinajstić information content (AvgIpc) is 2.92. The predicted octanol–water partition coefficient (Wildman–Crippen LogP) is 3.13. The summed E-state index contributed by atoms with van der Waals surface area (Å²) in [6.45, 7) is -0.235. The zero-order chi connectivity index (χ0) is 14.4. The lowest BCUT2D eigenvalue weighted by molar-refractivity contribution is -0.147. The molecule has 0 heterocycles. The van der Waals surface area contributed by atoms with Gasteiger partial charge in [0.2, 0.25) is 0 Å². The van der Waals surface area contributed by atoms with Gasteiger partial charge in [-0.1, -0.05) is 12.2 Å². The van der Waals surface area contributed by atoms with Crippen molar-refractivity contribution in [2.75, 3.05) is 11.9 Å². The van der Waals surface area contributed by atoms with Crippen molar-refractivity contribution in [2.45, 2.75) is 19.3 Å². The van der Waals surface area contributed by atoms with Crippen LogP contribution >= 0.6 is 22.6 Å². The summed E-state index contributed by atoms with van der Waals surface area (Å²) in [6.07, 6.45) is 6.47. The Kier molecular flexibility index (Phi) is 5.58. The molecule has 1 aromatic rings. The zero-order valence-corrected chi connectivity index (χ0v) is 13.1. The van der Waals surface area contributed by atoms with Crippen LogP contribution in [0.1, 0.15) is 19.3 Å². The van der Waals surface area contributed by atoms with Gasteiger partial charge in [0, 0.05) is 9.26 Å². The summed E-state index contributed by atoms with van der Waals surface area (Å²) in [7, 11) is 0. The fourth-order valence-corrected chi connectivity index (χ4v) is 2.37. The largest absolute Gasteiger partial charge is 0.456 e. The van der Waals surface area contributed by atoms with Crippen LogP contribution in [0.2, 0.25) is 0 Å². The number of halogens is 1. The van der Waals surface area contributed by atoms with Crippen LogP contribution < -0.4 is 5.32 Å². The third-order valence-corrected chi connectivity index (χ3v) is 3.75. The number of allylic oxidation sites excluding steroid dienone is 2. The Morgan fingerprint density at radius 1 is 1.30 bits per heavy atom.